The number of hydrogen-bond acceptors (Lipinski definition) is 5. The van der Waals surface area contributed by atoms with Crippen LogP contribution in [0.15, 0.2) is 28.7 Å². The summed E-state index contributed by atoms with van der Waals surface area (Å²) >= 11 is 0. The highest BCUT2D eigenvalue weighted by Crippen LogP contribution is 2.20. The summed E-state index contributed by atoms with van der Waals surface area (Å²) in [5.74, 6) is -1.19. The zero-order valence-electron chi connectivity index (χ0n) is 10.2. The summed E-state index contributed by atoms with van der Waals surface area (Å²) in [4.78, 5) is 10.8. The van der Waals surface area contributed by atoms with Crippen molar-refractivity contribution in [1.82, 2.24) is 5.32 Å². The molecule has 102 valence electrons. The maximum absolute atomic E-state index is 10.8. The summed E-state index contributed by atoms with van der Waals surface area (Å²) in [6, 6.07) is 6.41. The molecule has 0 bridgehead atoms. The van der Waals surface area contributed by atoms with Crippen LogP contribution in [-0.4, -0.2) is 40.5 Å². The monoisotopic (exact) mass is 265 g/mol. The second kappa shape index (κ2) is 5.83. The summed E-state index contributed by atoms with van der Waals surface area (Å²) in [5.41, 5.74) is 1.43. The molecule has 0 aliphatic carbocycles. The minimum atomic E-state index is -1.10. The van der Waals surface area contributed by atoms with Crippen LogP contribution in [0.3, 0.4) is 0 Å². The fraction of sp³-hybridized carbons (Fsp3) is 0.308. The summed E-state index contributed by atoms with van der Waals surface area (Å²) in [5, 5.41) is 30.4. The Morgan fingerprint density at radius 1 is 1.26 bits per heavy atom. The van der Waals surface area contributed by atoms with Gasteiger partial charge >= 0.3 is 5.97 Å². The number of carboxylic acid groups (broad SMARTS) is 1. The third-order valence-corrected chi connectivity index (χ3v) is 2.83. The number of fused-ring (bicyclic) bond motifs is 1. The van der Waals surface area contributed by atoms with Gasteiger partial charge in [-0.2, -0.15) is 0 Å². The van der Waals surface area contributed by atoms with Gasteiger partial charge in [-0.1, -0.05) is 6.07 Å². The highest BCUT2D eigenvalue weighted by Gasteiger charge is 2.11. The van der Waals surface area contributed by atoms with E-state index in [-0.39, 0.29) is 25.0 Å². The molecule has 1 aromatic carbocycles. The number of carboxylic acids is 1. The molecule has 0 fully saturated rings. The van der Waals surface area contributed by atoms with Crippen LogP contribution >= 0.6 is 0 Å². The smallest absolute Gasteiger partial charge is 0.371 e. The molecule has 2 rings (SSSR count). The van der Waals surface area contributed by atoms with E-state index >= 15 is 0 Å². The Hall–Kier alpha value is -1.89. The van der Waals surface area contributed by atoms with Gasteiger partial charge in [0.25, 0.3) is 0 Å². The van der Waals surface area contributed by atoms with Crippen molar-refractivity contribution in [2.24, 2.45) is 0 Å². The zero-order valence-corrected chi connectivity index (χ0v) is 10.2. The van der Waals surface area contributed by atoms with Gasteiger partial charge in [0.1, 0.15) is 5.58 Å². The first-order valence-corrected chi connectivity index (χ1v) is 5.85. The second-order valence-electron chi connectivity index (χ2n) is 4.23. The SMILES string of the molecule is O=C(O)c1cc2cc(CNC(CO)CO)ccc2o1. The lowest BCUT2D eigenvalue weighted by atomic mass is 10.1. The lowest BCUT2D eigenvalue weighted by Crippen LogP contribution is -2.35. The maximum Gasteiger partial charge on any atom is 0.371 e. The minimum Gasteiger partial charge on any atom is -0.475 e. The predicted octanol–water partition coefficient (Wildman–Crippen LogP) is 0.574. The molecule has 2 aromatic rings. The van der Waals surface area contributed by atoms with E-state index in [2.05, 4.69) is 5.32 Å². The Kier molecular flexibility index (Phi) is 4.16. The molecular weight excluding hydrogens is 250 g/mol. The van der Waals surface area contributed by atoms with Crippen LogP contribution in [0.5, 0.6) is 0 Å². The molecule has 1 heterocycles. The van der Waals surface area contributed by atoms with Crippen LogP contribution in [-0.2, 0) is 6.54 Å². The van der Waals surface area contributed by atoms with E-state index in [1.807, 2.05) is 6.07 Å². The quantitative estimate of drug-likeness (QED) is 0.609. The molecular formula is C13H15NO5. The molecule has 19 heavy (non-hydrogen) atoms. The van der Waals surface area contributed by atoms with Crippen molar-refractivity contribution in [1.29, 1.82) is 0 Å². The highest BCUT2D eigenvalue weighted by molar-refractivity contribution is 5.91. The van der Waals surface area contributed by atoms with Crippen molar-refractivity contribution in [3.05, 3.63) is 35.6 Å². The van der Waals surface area contributed by atoms with Gasteiger partial charge < -0.3 is 25.1 Å². The molecule has 6 heteroatoms. The van der Waals surface area contributed by atoms with Crippen LogP contribution in [0.1, 0.15) is 16.1 Å². The Bertz CT molecular complexity index is 573. The molecule has 1 aromatic heterocycles. The van der Waals surface area contributed by atoms with Crippen molar-refractivity contribution >= 4 is 16.9 Å². The molecule has 0 unspecified atom stereocenters. The van der Waals surface area contributed by atoms with E-state index in [4.69, 9.17) is 19.7 Å². The fourth-order valence-corrected chi connectivity index (χ4v) is 1.76. The number of benzene rings is 1. The Morgan fingerprint density at radius 3 is 2.63 bits per heavy atom. The van der Waals surface area contributed by atoms with Gasteiger partial charge in [0, 0.05) is 11.9 Å². The number of aliphatic hydroxyl groups excluding tert-OH is 2. The number of aliphatic hydroxyl groups is 2. The Labute approximate surface area is 109 Å². The number of carbonyl (C=O) groups is 1. The van der Waals surface area contributed by atoms with Crippen LogP contribution in [0.25, 0.3) is 11.0 Å². The topological polar surface area (TPSA) is 103 Å². The maximum atomic E-state index is 10.8. The zero-order chi connectivity index (χ0) is 13.8. The van der Waals surface area contributed by atoms with E-state index in [0.717, 1.165) is 5.56 Å². The first-order valence-electron chi connectivity index (χ1n) is 5.85. The third kappa shape index (κ3) is 3.11. The van der Waals surface area contributed by atoms with E-state index in [0.29, 0.717) is 17.5 Å². The van der Waals surface area contributed by atoms with Crippen LogP contribution in [0.4, 0.5) is 0 Å². The number of rotatable bonds is 6. The van der Waals surface area contributed by atoms with Gasteiger partial charge in [0.15, 0.2) is 0 Å². The van der Waals surface area contributed by atoms with E-state index in [9.17, 15) is 4.79 Å². The van der Waals surface area contributed by atoms with Gasteiger partial charge in [-0.25, -0.2) is 4.79 Å². The van der Waals surface area contributed by atoms with Crippen LogP contribution in [0, 0.1) is 0 Å². The highest BCUT2D eigenvalue weighted by atomic mass is 16.4. The number of furan rings is 1. The van der Waals surface area contributed by atoms with Gasteiger partial charge in [-0.05, 0) is 23.8 Å². The average molecular weight is 265 g/mol. The van der Waals surface area contributed by atoms with E-state index in [1.165, 1.54) is 6.07 Å². The third-order valence-electron chi connectivity index (χ3n) is 2.83. The van der Waals surface area contributed by atoms with Crippen molar-refractivity contribution in [2.75, 3.05) is 13.2 Å². The van der Waals surface area contributed by atoms with Gasteiger partial charge in [0.05, 0.1) is 19.3 Å². The second-order valence-corrected chi connectivity index (χ2v) is 4.23. The molecule has 0 aliphatic heterocycles. The number of nitrogens with one attached hydrogen (secondary N) is 1. The van der Waals surface area contributed by atoms with Gasteiger partial charge in [-0.3, -0.25) is 0 Å². The average Bonchev–Trinajstić information content (AvgIpc) is 2.83. The van der Waals surface area contributed by atoms with E-state index in [1.54, 1.807) is 12.1 Å². The summed E-state index contributed by atoms with van der Waals surface area (Å²) in [6.45, 7) is 0.177. The van der Waals surface area contributed by atoms with Crippen molar-refractivity contribution in [3.8, 4) is 0 Å². The van der Waals surface area contributed by atoms with Gasteiger partial charge in [0.2, 0.25) is 5.76 Å². The van der Waals surface area contributed by atoms with Crippen molar-refractivity contribution in [3.63, 3.8) is 0 Å². The standard InChI is InChI=1S/C13H15NO5/c15-6-10(7-16)14-5-8-1-2-11-9(3-8)4-12(19-11)13(17)18/h1-4,10,14-16H,5-7H2,(H,17,18). The molecule has 0 aliphatic rings. The minimum absolute atomic E-state index is 0.0938. The summed E-state index contributed by atoms with van der Waals surface area (Å²) in [7, 11) is 0. The lowest BCUT2D eigenvalue weighted by molar-refractivity contribution is 0.0665. The van der Waals surface area contributed by atoms with Crippen LogP contribution in [0.2, 0.25) is 0 Å². The molecule has 0 saturated heterocycles. The molecule has 0 atom stereocenters. The predicted molar refractivity (Wildman–Crippen MR) is 68.0 cm³/mol. The number of hydrogen-bond donors (Lipinski definition) is 4. The largest absolute Gasteiger partial charge is 0.475 e. The summed E-state index contributed by atoms with van der Waals surface area (Å²) in [6.07, 6.45) is 0. The summed E-state index contributed by atoms with van der Waals surface area (Å²) < 4.78 is 5.15. The molecule has 4 N–H and O–H groups in total. The molecule has 0 saturated carbocycles. The van der Waals surface area contributed by atoms with Crippen molar-refractivity contribution in [2.45, 2.75) is 12.6 Å². The van der Waals surface area contributed by atoms with Crippen LogP contribution < -0.4 is 5.32 Å². The number of aromatic carboxylic acids is 1. The Balaban J connectivity index is 2.14. The normalized spacial score (nSPS) is 11.3. The van der Waals surface area contributed by atoms with Crippen molar-refractivity contribution < 1.29 is 24.5 Å². The van der Waals surface area contributed by atoms with Gasteiger partial charge in [-0.15, -0.1) is 0 Å². The molecule has 6 nitrogen and oxygen atoms in total. The molecule has 0 amide bonds. The lowest BCUT2D eigenvalue weighted by Gasteiger charge is -2.12. The van der Waals surface area contributed by atoms with E-state index < -0.39 is 5.97 Å². The fourth-order valence-electron chi connectivity index (χ4n) is 1.76. The molecule has 0 radical (unpaired) electrons. The molecule has 0 spiro atoms. The first kappa shape index (κ1) is 13.5. The Morgan fingerprint density at radius 2 is 2.00 bits per heavy atom. The first-order chi connectivity index (χ1) is 9.13.